The van der Waals surface area contributed by atoms with Crippen LogP contribution in [-0.2, 0) is 4.74 Å². The molecule has 0 saturated carbocycles. The number of hydrogen-bond donors (Lipinski definition) is 0. The van der Waals surface area contributed by atoms with Crippen molar-refractivity contribution in [2.75, 3.05) is 19.8 Å². The first-order valence-electron chi connectivity index (χ1n) is 8.23. The van der Waals surface area contributed by atoms with Gasteiger partial charge < -0.3 is 14.2 Å². The second-order valence-corrected chi connectivity index (χ2v) is 6.00. The molecule has 0 N–H and O–H groups in total. The van der Waals surface area contributed by atoms with Crippen molar-refractivity contribution >= 4 is 17.3 Å². The van der Waals surface area contributed by atoms with E-state index >= 15 is 0 Å². The smallest absolute Gasteiger partial charge is 0.361 e. The molecule has 2 rings (SSSR count). The summed E-state index contributed by atoms with van der Waals surface area (Å²) in [5.74, 6) is 0.361. The lowest BCUT2D eigenvalue weighted by molar-refractivity contribution is 0.0516. The Bertz CT molecular complexity index is 652. The van der Waals surface area contributed by atoms with Crippen molar-refractivity contribution < 1.29 is 19.0 Å². The number of carbonyl (C=O) groups is 1. The van der Waals surface area contributed by atoms with E-state index in [1.807, 2.05) is 31.2 Å². The van der Waals surface area contributed by atoms with E-state index in [4.69, 9.17) is 14.2 Å². The van der Waals surface area contributed by atoms with Crippen LogP contribution in [0, 0.1) is 0 Å². The van der Waals surface area contributed by atoms with Crippen LogP contribution in [0.15, 0.2) is 24.3 Å². The van der Waals surface area contributed by atoms with Crippen LogP contribution in [0.3, 0.4) is 0 Å². The maximum absolute atomic E-state index is 12.1. The van der Waals surface area contributed by atoms with Gasteiger partial charge in [-0.05, 0) is 44.5 Å². The number of hydrogen-bond acceptors (Lipinski definition) is 6. The maximum Gasteiger partial charge on any atom is 0.361 e. The Labute approximate surface area is 146 Å². The fourth-order valence-corrected chi connectivity index (χ4v) is 2.96. The fraction of sp³-hybridized carbons (Fsp3) is 0.444. The quantitative estimate of drug-likeness (QED) is 0.490. The van der Waals surface area contributed by atoms with Crippen molar-refractivity contribution in [1.82, 2.24) is 4.98 Å². The molecule has 0 saturated heterocycles. The molecule has 0 bridgehead atoms. The van der Waals surface area contributed by atoms with Crippen LogP contribution in [-0.4, -0.2) is 30.8 Å². The highest BCUT2D eigenvalue weighted by atomic mass is 32.1. The van der Waals surface area contributed by atoms with Gasteiger partial charge in [-0.3, -0.25) is 0 Å². The lowest BCUT2D eigenvalue weighted by Gasteiger charge is -2.04. The minimum Gasteiger partial charge on any atom is -0.494 e. The highest BCUT2D eigenvalue weighted by Gasteiger charge is 2.21. The average Bonchev–Trinajstić information content (AvgIpc) is 3.01. The molecular weight excluding hydrogens is 326 g/mol. The van der Waals surface area contributed by atoms with Crippen LogP contribution in [0.25, 0.3) is 10.6 Å². The Morgan fingerprint density at radius 1 is 1.08 bits per heavy atom. The number of rotatable bonds is 9. The van der Waals surface area contributed by atoms with Crippen molar-refractivity contribution in [3.8, 4) is 21.4 Å². The van der Waals surface area contributed by atoms with Gasteiger partial charge in [0.05, 0.1) is 19.8 Å². The van der Waals surface area contributed by atoms with Gasteiger partial charge in [0.25, 0.3) is 0 Å². The first-order chi connectivity index (χ1) is 11.7. The van der Waals surface area contributed by atoms with Crippen LogP contribution in [0.2, 0.25) is 0 Å². The van der Waals surface area contributed by atoms with E-state index < -0.39 is 5.97 Å². The summed E-state index contributed by atoms with van der Waals surface area (Å²) in [5, 5.41) is 1.25. The van der Waals surface area contributed by atoms with Gasteiger partial charge in [-0.15, -0.1) is 0 Å². The van der Waals surface area contributed by atoms with Crippen molar-refractivity contribution in [1.29, 1.82) is 0 Å². The van der Waals surface area contributed by atoms with E-state index in [1.54, 1.807) is 6.92 Å². The molecule has 130 valence electrons. The molecule has 24 heavy (non-hydrogen) atoms. The van der Waals surface area contributed by atoms with Crippen LogP contribution in [0.1, 0.15) is 44.1 Å². The van der Waals surface area contributed by atoms with Crippen LogP contribution in [0.5, 0.6) is 10.8 Å². The third-order valence-electron chi connectivity index (χ3n) is 3.21. The third-order valence-corrected chi connectivity index (χ3v) is 4.23. The lowest BCUT2D eigenvalue weighted by Crippen LogP contribution is -2.08. The number of nitrogens with zero attached hydrogens (tertiary/aromatic N) is 1. The molecule has 6 heteroatoms. The van der Waals surface area contributed by atoms with Crippen molar-refractivity contribution in [2.45, 2.75) is 33.6 Å². The van der Waals surface area contributed by atoms with Gasteiger partial charge in [-0.1, -0.05) is 24.7 Å². The van der Waals surface area contributed by atoms with Gasteiger partial charge in [0.2, 0.25) is 10.8 Å². The lowest BCUT2D eigenvalue weighted by atomic mass is 10.2. The number of benzene rings is 1. The summed E-state index contributed by atoms with van der Waals surface area (Å²) in [5.41, 5.74) is 1.17. The Morgan fingerprint density at radius 2 is 1.83 bits per heavy atom. The average molecular weight is 349 g/mol. The summed E-state index contributed by atoms with van der Waals surface area (Å²) in [4.78, 5) is 16.5. The molecule has 0 spiro atoms. The standard InChI is InChI=1S/C18H23NO4S/c1-4-7-12-23-18-15(17(20)22-6-3)19-16(24-18)13-8-10-14(11-9-13)21-5-2/h8-11H,4-7,12H2,1-3H3. The predicted molar refractivity (Wildman–Crippen MR) is 95.1 cm³/mol. The number of ether oxygens (including phenoxy) is 3. The van der Waals surface area contributed by atoms with Gasteiger partial charge >= 0.3 is 5.97 Å². The first kappa shape index (κ1) is 18.3. The van der Waals surface area contributed by atoms with Crippen LogP contribution < -0.4 is 9.47 Å². The number of thiazole rings is 1. The van der Waals surface area contributed by atoms with E-state index in [-0.39, 0.29) is 5.69 Å². The van der Waals surface area contributed by atoms with E-state index in [1.165, 1.54) is 11.3 Å². The van der Waals surface area contributed by atoms with Gasteiger partial charge in [0.15, 0.2) is 0 Å². The van der Waals surface area contributed by atoms with Gasteiger partial charge in [0.1, 0.15) is 10.8 Å². The summed E-state index contributed by atoms with van der Waals surface area (Å²) in [6.45, 7) is 7.30. The zero-order valence-electron chi connectivity index (χ0n) is 14.3. The van der Waals surface area contributed by atoms with E-state index in [2.05, 4.69) is 11.9 Å². The molecule has 1 aromatic carbocycles. The topological polar surface area (TPSA) is 57.7 Å². The normalized spacial score (nSPS) is 10.5. The van der Waals surface area contributed by atoms with Gasteiger partial charge in [0, 0.05) is 5.56 Å². The van der Waals surface area contributed by atoms with Crippen molar-refractivity contribution in [3.63, 3.8) is 0 Å². The minimum absolute atomic E-state index is 0.252. The zero-order chi connectivity index (χ0) is 17.4. The zero-order valence-corrected chi connectivity index (χ0v) is 15.1. The summed E-state index contributed by atoms with van der Waals surface area (Å²) in [7, 11) is 0. The molecule has 1 heterocycles. The van der Waals surface area contributed by atoms with E-state index in [0.717, 1.165) is 29.2 Å². The highest BCUT2D eigenvalue weighted by Crippen LogP contribution is 2.35. The molecule has 1 aromatic heterocycles. The number of unbranched alkanes of at least 4 members (excludes halogenated alkanes) is 1. The van der Waals surface area contributed by atoms with Crippen LogP contribution in [0.4, 0.5) is 0 Å². The summed E-state index contributed by atoms with van der Waals surface area (Å²) in [6, 6.07) is 7.63. The minimum atomic E-state index is -0.447. The molecule has 0 amide bonds. The monoisotopic (exact) mass is 349 g/mol. The largest absolute Gasteiger partial charge is 0.494 e. The number of carbonyl (C=O) groups excluding carboxylic acids is 1. The maximum atomic E-state index is 12.1. The second-order valence-electron chi connectivity index (χ2n) is 5.03. The van der Waals surface area contributed by atoms with E-state index in [0.29, 0.717) is 24.9 Å². The molecule has 0 fully saturated rings. The predicted octanol–water partition coefficient (Wildman–Crippen LogP) is 4.56. The Kier molecular flexibility index (Phi) is 7.06. The molecule has 0 aliphatic carbocycles. The number of aromatic nitrogens is 1. The van der Waals surface area contributed by atoms with Crippen molar-refractivity contribution in [3.05, 3.63) is 30.0 Å². The van der Waals surface area contributed by atoms with Gasteiger partial charge in [-0.25, -0.2) is 9.78 Å². The Morgan fingerprint density at radius 3 is 2.46 bits per heavy atom. The van der Waals surface area contributed by atoms with Gasteiger partial charge in [-0.2, -0.15) is 0 Å². The highest BCUT2D eigenvalue weighted by molar-refractivity contribution is 7.17. The molecule has 0 aliphatic rings. The van der Waals surface area contributed by atoms with Crippen molar-refractivity contribution in [2.24, 2.45) is 0 Å². The molecule has 0 radical (unpaired) electrons. The first-order valence-corrected chi connectivity index (χ1v) is 9.05. The molecule has 5 nitrogen and oxygen atoms in total. The Balaban J connectivity index is 2.25. The fourth-order valence-electron chi connectivity index (χ4n) is 2.03. The number of esters is 1. The van der Waals surface area contributed by atoms with E-state index in [9.17, 15) is 4.79 Å². The summed E-state index contributed by atoms with van der Waals surface area (Å²) >= 11 is 1.36. The molecule has 2 aromatic rings. The SMILES string of the molecule is CCCCOc1sc(-c2ccc(OCC)cc2)nc1C(=O)OCC. The Hall–Kier alpha value is -2.08. The molecule has 0 atom stereocenters. The third kappa shape index (κ3) is 4.71. The second kappa shape index (κ2) is 9.27. The molecule has 0 unspecified atom stereocenters. The molecule has 0 aliphatic heterocycles. The summed E-state index contributed by atoms with van der Waals surface area (Å²) in [6.07, 6.45) is 1.96. The summed E-state index contributed by atoms with van der Waals surface area (Å²) < 4.78 is 16.3. The molecular formula is C18H23NO4S. The van der Waals surface area contributed by atoms with Crippen LogP contribution >= 0.6 is 11.3 Å².